The summed E-state index contributed by atoms with van der Waals surface area (Å²) in [4.78, 5) is 16.9. The maximum Gasteiger partial charge on any atom is 0.143 e. The second-order valence-electron chi connectivity index (χ2n) is 6.91. The van der Waals surface area contributed by atoms with Crippen molar-refractivity contribution in [3.8, 4) is 22.4 Å². The van der Waals surface area contributed by atoms with Crippen LogP contribution in [0.1, 0.15) is 11.3 Å². The van der Waals surface area contributed by atoms with Crippen molar-refractivity contribution in [3.63, 3.8) is 0 Å². The first kappa shape index (κ1) is 18.7. The Balaban J connectivity index is 1.75. The van der Waals surface area contributed by atoms with Gasteiger partial charge in [-0.25, -0.2) is 4.39 Å². The summed E-state index contributed by atoms with van der Waals surface area (Å²) in [5.41, 5.74) is 5.15. The van der Waals surface area contributed by atoms with Gasteiger partial charge < -0.3 is 0 Å². The molecule has 2 aromatic heterocycles. The number of aromatic nitrogens is 3. The molecule has 0 saturated carbocycles. The van der Waals surface area contributed by atoms with Crippen LogP contribution in [0.5, 0.6) is 0 Å². The number of Topliss-reactive ketones (excluding diaryl/α,β-unsaturated/α-hetero) is 1. The highest BCUT2D eigenvalue weighted by Gasteiger charge is 2.21. The quantitative estimate of drug-likeness (QED) is 0.486. The van der Waals surface area contributed by atoms with Crippen LogP contribution in [0.15, 0.2) is 79.1 Å². The first-order valence-electron chi connectivity index (χ1n) is 9.39. The molecule has 0 fully saturated rings. The maximum atomic E-state index is 13.4. The van der Waals surface area contributed by atoms with Crippen LogP contribution in [0, 0.1) is 5.82 Å². The number of hydrogen-bond acceptors (Lipinski definition) is 3. The first-order valence-corrected chi connectivity index (χ1v) is 9.39. The standard InChI is InChI=1S/C24H20FN3O/c1-28-22(16-21(29)15-17-5-3-2-4-6-17)23(18-11-13-26-14-12-18)24(27-28)19-7-9-20(25)10-8-19/h2-14H,15-16H2,1H3. The minimum atomic E-state index is -0.298. The number of halogens is 1. The van der Waals surface area contributed by atoms with E-state index in [2.05, 4.69) is 10.1 Å². The molecule has 29 heavy (non-hydrogen) atoms. The SMILES string of the molecule is Cn1nc(-c2ccc(F)cc2)c(-c2ccncc2)c1CC(=O)Cc1ccccc1. The molecule has 2 aromatic carbocycles. The largest absolute Gasteiger partial charge is 0.299 e. The first-order chi connectivity index (χ1) is 14.1. The number of hydrogen-bond donors (Lipinski definition) is 0. The molecule has 0 spiro atoms. The van der Waals surface area contributed by atoms with Gasteiger partial charge in [-0.1, -0.05) is 30.3 Å². The monoisotopic (exact) mass is 385 g/mol. The molecule has 4 rings (SSSR count). The van der Waals surface area contributed by atoms with Gasteiger partial charge in [0.2, 0.25) is 0 Å². The lowest BCUT2D eigenvalue weighted by Crippen LogP contribution is -2.11. The Hall–Kier alpha value is -3.60. The number of carbonyl (C=O) groups is 1. The molecule has 0 radical (unpaired) electrons. The molecule has 0 saturated heterocycles. The lowest BCUT2D eigenvalue weighted by molar-refractivity contribution is -0.117. The van der Waals surface area contributed by atoms with Crippen molar-refractivity contribution in [2.24, 2.45) is 7.05 Å². The van der Waals surface area contributed by atoms with Gasteiger partial charge in [0.25, 0.3) is 0 Å². The van der Waals surface area contributed by atoms with Gasteiger partial charge in [-0.15, -0.1) is 0 Å². The Bertz CT molecular complexity index is 1120. The fourth-order valence-corrected chi connectivity index (χ4v) is 3.47. The van der Waals surface area contributed by atoms with E-state index < -0.39 is 0 Å². The molecule has 0 aliphatic carbocycles. The normalized spacial score (nSPS) is 10.8. The number of rotatable bonds is 6. The van der Waals surface area contributed by atoms with Gasteiger partial charge in [0.05, 0.1) is 5.69 Å². The lowest BCUT2D eigenvalue weighted by Gasteiger charge is -2.08. The van der Waals surface area contributed by atoms with Crippen LogP contribution in [-0.4, -0.2) is 20.5 Å². The van der Waals surface area contributed by atoms with Crippen LogP contribution >= 0.6 is 0 Å². The fourth-order valence-electron chi connectivity index (χ4n) is 3.47. The van der Waals surface area contributed by atoms with Crippen molar-refractivity contribution < 1.29 is 9.18 Å². The summed E-state index contributed by atoms with van der Waals surface area (Å²) in [6.07, 6.45) is 4.06. The molecular formula is C24H20FN3O. The molecule has 4 aromatic rings. The van der Waals surface area contributed by atoms with Gasteiger partial charge in [-0.3, -0.25) is 14.5 Å². The summed E-state index contributed by atoms with van der Waals surface area (Å²) >= 11 is 0. The number of carbonyl (C=O) groups excluding carboxylic acids is 1. The van der Waals surface area contributed by atoms with Crippen molar-refractivity contribution >= 4 is 5.78 Å². The van der Waals surface area contributed by atoms with Crippen molar-refractivity contribution in [3.05, 3.63) is 96.2 Å². The molecule has 0 atom stereocenters. The second-order valence-corrected chi connectivity index (χ2v) is 6.91. The Kier molecular flexibility index (Phi) is 5.29. The van der Waals surface area contributed by atoms with E-state index in [0.29, 0.717) is 6.42 Å². The third-order valence-corrected chi connectivity index (χ3v) is 4.86. The molecule has 4 nitrogen and oxygen atoms in total. The molecule has 0 unspecified atom stereocenters. The van der Waals surface area contributed by atoms with Crippen LogP contribution in [0.2, 0.25) is 0 Å². The molecule has 2 heterocycles. The van der Waals surface area contributed by atoms with Gasteiger partial charge in [-0.05, 0) is 47.5 Å². The van der Waals surface area contributed by atoms with E-state index in [1.165, 1.54) is 12.1 Å². The number of benzene rings is 2. The minimum Gasteiger partial charge on any atom is -0.299 e. The highest BCUT2D eigenvalue weighted by Crippen LogP contribution is 2.34. The number of pyridine rings is 1. The fraction of sp³-hybridized carbons (Fsp3) is 0.125. The zero-order valence-electron chi connectivity index (χ0n) is 16.0. The van der Waals surface area contributed by atoms with Gasteiger partial charge >= 0.3 is 0 Å². The second kappa shape index (κ2) is 8.19. The zero-order chi connectivity index (χ0) is 20.2. The van der Waals surface area contributed by atoms with E-state index in [1.807, 2.05) is 49.5 Å². The van der Waals surface area contributed by atoms with Crippen LogP contribution in [0.4, 0.5) is 4.39 Å². The summed E-state index contributed by atoms with van der Waals surface area (Å²) in [5.74, 6) is -0.187. The molecule has 0 amide bonds. The molecular weight excluding hydrogens is 365 g/mol. The van der Waals surface area contributed by atoms with Crippen molar-refractivity contribution in [1.82, 2.24) is 14.8 Å². The van der Waals surface area contributed by atoms with E-state index in [4.69, 9.17) is 0 Å². The summed E-state index contributed by atoms with van der Waals surface area (Å²) in [7, 11) is 1.84. The summed E-state index contributed by atoms with van der Waals surface area (Å²) < 4.78 is 15.2. The third-order valence-electron chi connectivity index (χ3n) is 4.86. The average Bonchev–Trinajstić information content (AvgIpc) is 3.06. The van der Waals surface area contributed by atoms with Gasteiger partial charge in [0.15, 0.2) is 0 Å². The van der Waals surface area contributed by atoms with Crippen LogP contribution < -0.4 is 0 Å². The van der Waals surface area contributed by atoms with Gasteiger partial charge in [0.1, 0.15) is 17.3 Å². The molecule has 144 valence electrons. The predicted molar refractivity (Wildman–Crippen MR) is 111 cm³/mol. The van der Waals surface area contributed by atoms with E-state index in [-0.39, 0.29) is 18.0 Å². The van der Waals surface area contributed by atoms with Crippen molar-refractivity contribution in [2.75, 3.05) is 0 Å². The Morgan fingerprint density at radius 2 is 1.59 bits per heavy atom. The minimum absolute atomic E-state index is 0.111. The van der Waals surface area contributed by atoms with Crippen LogP contribution in [0.25, 0.3) is 22.4 Å². The van der Waals surface area contributed by atoms with Crippen LogP contribution in [-0.2, 0) is 24.7 Å². The van der Waals surface area contributed by atoms with E-state index >= 15 is 0 Å². The number of ketones is 1. The number of aryl methyl sites for hydroxylation is 1. The van der Waals surface area contributed by atoms with E-state index in [0.717, 1.165) is 33.6 Å². The highest BCUT2D eigenvalue weighted by molar-refractivity contribution is 5.89. The Morgan fingerprint density at radius 1 is 0.897 bits per heavy atom. The van der Waals surface area contributed by atoms with E-state index in [9.17, 15) is 9.18 Å². The lowest BCUT2D eigenvalue weighted by atomic mass is 9.96. The Labute approximate surface area is 168 Å². The molecule has 5 heteroatoms. The molecule has 0 aliphatic heterocycles. The molecule has 0 aliphatic rings. The van der Waals surface area contributed by atoms with Crippen LogP contribution in [0.3, 0.4) is 0 Å². The predicted octanol–water partition coefficient (Wildman–Crippen LogP) is 4.64. The summed E-state index contributed by atoms with van der Waals surface area (Å²) in [6.45, 7) is 0. The van der Waals surface area contributed by atoms with E-state index in [1.54, 1.807) is 29.2 Å². The summed E-state index contributed by atoms with van der Waals surface area (Å²) in [6, 6.07) is 19.8. The average molecular weight is 385 g/mol. The molecule has 0 bridgehead atoms. The topological polar surface area (TPSA) is 47.8 Å². The van der Waals surface area contributed by atoms with Gasteiger partial charge in [-0.2, -0.15) is 5.10 Å². The number of nitrogens with zero attached hydrogens (tertiary/aromatic N) is 3. The Morgan fingerprint density at radius 3 is 2.28 bits per heavy atom. The van der Waals surface area contributed by atoms with Crippen molar-refractivity contribution in [1.29, 1.82) is 0 Å². The van der Waals surface area contributed by atoms with Crippen molar-refractivity contribution in [2.45, 2.75) is 12.8 Å². The highest BCUT2D eigenvalue weighted by atomic mass is 19.1. The zero-order valence-corrected chi connectivity index (χ0v) is 16.0. The summed E-state index contributed by atoms with van der Waals surface area (Å²) in [5, 5.41) is 4.67. The molecule has 0 N–H and O–H groups in total. The maximum absolute atomic E-state index is 13.4. The smallest absolute Gasteiger partial charge is 0.143 e. The van der Waals surface area contributed by atoms with Gasteiger partial charge in [0, 0.05) is 43.4 Å². The third kappa shape index (κ3) is 4.14.